The molecule has 0 radical (unpaired) electrons. The number of urea groups is 1. The highest BCUT2D eigenvalue weighted by Gasteiger charge is 2.23. The second-order valence-corrected chi connectivity index (χ2v) is 8.02. The third-order valence-electron chi connectivity index (χ3n) is 5.88. The first-order chi connectivity index (χ1) is 14.6. The van der Waals surface area contributed by atoms with E-state index in [1.54, 1.807) is 24.0 Å². The van der Waals surface area contributed by atoms with E-state index in [0.29, 0.717) is 37.4 Å². The molecule has 2 aliphatic rings. The molecule has 0 saturated carbocycles. The van der Waals surface area contributed by atoms with E-state index in [9.17, 15) is 9.18 Å². The Labute approximate surface area is 176 Å². The Balaban J connectivity index is 1.30. The van der Waals surface area contributed by atoms with Crippen LogP contribution in [0.25, 0.3) is 0 Å². The van der Waals surface area contributed by atoms with Crippen LogP contribution in [0.1, 0.15) is 31.2 Å². The predicted octanol–water partition coefficient (Wildman–Crippen LogP) is 3.66. The number of carbonyl (C=O) groups excluding carboxylic acids is 1. The van der Waals surface area contributed by atoms with Gasteiger partial charge in [0.2, 0.25) is 0 Å². The molecule has 1 aromatic carbocycles. The number of anilines is 3. The van der Waals surface area contributed by atoms with Crippen molar-refractivity contribution < 1.29 is 9.18 Å². The van der Waals surface area contributed by atoms with E-state index in [1.165, 1.54) is 31.7 Å². The molecule has 7 nitrogen and oxygen atoms in total. The van der Waals surface area contributed by atoms with Gasteiger partial charge in [-0.1, -0.05) is 18.9 Å². The zero-order valence-electron chi connectivity index (χ0n) is 17.5. The number of hydrogen-bond acceptors (Lipinski definition) is 5. The number of amides is 2. The molecule has 2 aromatic rings. The molecule has 0 spiro atoms. The van der Waals surface area contributed by atoms with Crippen molar-refractivity contribution >= 4 is 23.4 Å². The number of aromatic nitrogens is 2. The van der Waals surface area contributed by atoms with E-state index >= 15 is 0 Å². The van der Waals surface area contributed by atoms with Crippen molar-refractivity contribution in [2.75, 3.05) is 54.4 Å². The van der Waals surface area contributed by atoms with Crippen LogP contribution < -0.4 is 15.1 Å². The van der Waals surface area contributed by atoms with Crippen molar-refractivity contribution in [2.24, 2.45) is 0 Å². The van der Waals surface area contributed by atoms with Gasteiger partial charge in [-0.15, -0.1) is 10.2 Å². The molecule has 3 heterocycles. The Bertz CT molecular complexity index is 858. The predicted molar refractivity (Wildman–Crippen MR) is 117 cm³/mol. The minimum atomic E-state index is -0.320. The van der Waals surface area contributed by atoms with E-state index < -0.39 is 0 Å². The molecule has 4 rings (SSSR count). The topological polar surface area (TPSA) is 64.6 Å². The summed E-state index contributed by atoms with van der Waals surface area (Å²) in [5.74, 6) is 1.47. The average molecular weight is 413 g/mol. The first kappa shape index (κ1) is 20.4. The van der Waals surface area contributed by atoms with Gasteiger partial charge in [-0.05, 0) is 49.6 Å². The number of benzene rings is 1. The number of hydrogen-bond donors (Lipinski definition) is 1. The molecule has 2 saturated heterocycles. The van der Waals surface area contributed by atoms with E-state index in [-0.39, 0.29) is 11.8 Å². The van der Waals surface area contributed by atoms with Gasteiger partial charge in [0.15, 0.2) is 11.6 Å². The number of aryl methyl sites for hydroxylation is 1. The van der Waals surface area contributed by atoms with Crippen LogP contribution in [-0.4, -0.2) is 60.4 Å². The van der Waals surface area contributed by atoms with Gasteiger partial charge in [0.1, 0.15) is 5.82 Å². The fraction of sp³-hybridized carbons (Fsp3) is 0.500. The lowest BCUT2D eigenvalue weighted by Crippen LogP contribution is -2.50. The molecule has 1 aromatic heterocycles. The van der Waals surface area contributed by atoms with Gasteiger partial charge in [-0.2, -0.15) is 0 Å². The third kappa shape index (κ3) is 4.80. The summed E-state index contributed by atoms with van der Waals surface area (Å²) >= 11 is 0. The minimum Gasteiger partial charge on any atom is -0.355 e. The summed E-state index contributed by atoms with van der Waals surface area (Å²) in [6.07, 6.45) is 5.00. The van der Waals surface area contributed by atoms with Crippen molar-refractivity contribution in [3.05, 3.63) is 41.7 Å². The molecular weight excluding hydrogens is 383 g/mol. The zero-order valence-corrected chi connectivity index (χ0v) is 17.5. The number of nitrogens with one attached hydrogen (secondary N) is 1. The molecule has 1 N–H and O–H groups in total. The smallest absolute Gasteiger partial charge is 0.321 e. The fourth-order valence-electron chi connectivity index (χ4n) is 3.97. The standard InChI is InChI=1S/C22H29FN6O/c1-17-6-7-18(16-19(17)23)24-22(30)29-14-12-28(13-15-29)21-9-8-20(25-26-21)27-10-4-2-3-5-11-27/h6-9,16H,2-5,10-15H2,1H3,(H,24,30). The number of nitrogens with zero attached hydrogens (tertiary/aromatic N) is 5. The van der Waals surface area contributed by atoms with Crippen LogP contribution in [-0.2, 0) is 0 Å². The van der Waals surface area contributed by atoms with Crippen molar-refractivity contribution in [3.63, 3.8) is 0 Å². The summed E-state index contributed by atoms with van der Waals surface area (Å²) in [6.45, 7) is 6.33. The van der Waals surface area contributed by atoms with Crippen LogP contribution in [0, 0.1) is 12.7 Å². The van der Waals surface area contributed by atoms with Crippen molar-refractivity contribution in [1.82, 2.24) is 15.1 Å². The number of halogens is 1. The molecule has 160 valence electrons. The van der Waals surface area contributed by atoms with E-state index in [0.717, 1.165) is 24.7 Å². The second kappa shape index (κ2) is 9.28. The molecule has 2 amide bonds. The van der Waals surface area contributed by atoms with Gasteiger partial charge in [0, 0.05) is 45.0 Å². The molecule has 2 aliphatic heterocycles. The molecule has 0 unspecified atom stereocenters. The summed E-state index contributed by atoms with van der Waals surface area (Å²) in [6, 6.07) is 8.60. The number of rotatable bonds is 3. The Morgan fingerprint density at radius 3 is 2.03 bits per heavy atom. The van der Waals surface area contributed by atoms with Crippen LogP contribution in [0.3, 0.4) is 0 Å². The molecule has 2 fully saturated rings. The molecule has 0 bridgehead atoms. The van der Waals surface area contributed by atoms with Crippen molar-refractivity contribution in [2.45, 2.75) is 32.6 Å². The Morgan fingerprint density at radius 1 is 0.867 bits per heavy atom. The highest BCUT2D eigenvalue weighted by atomic mass is 19.1. The van der Waals surface area contributed by atoms with Gasteiger partial charge < -0.3 is 20.0 Å². The van der Waals surface area contributed by atoms with Gasteiger partial charge in [0.25, 0.3) is 0 Å². The average Bonchev–Trinajstić information content (AvgIpc) is 3.06. The van der Waals surface area contributed by atoms with Crippen LogP contribution in [0.4, 0.5) is 26.5 Å². The molecule has 0 aliphatic carbocycles. The molecular formula is C22H29FN6O. The highest BCUT2D eigenvalue weighted by Crippen LogP contribution is 2.20. The molecule has 8 heteroatoms. The summed E-state index contributed by atoms with van der Waals surface area (Å²) in [7, 11) is 0. The van der Waals surface area contributed by atoms with Gasteiger partial charge in [-0.3, -0.25) is 0 Å². The SMILES string of the molecule is Cc1ccc(NC(=O)N2CCN(c3ccc(N4CCCCCC4)nn3)CC2)cc1F. The van der Waals surface area contributed by atoms with Crippen LogP contribution in [0.15, 0.2) is 30.3 Å². The van der Waals surface area contributed by atoms with Gasteiger partial charge >= 0.3 is 6.03 Å². The van der Waals surface area contributed by atoms with E-state index in [2.05, 4.69) is 31.4 Å². The van der Waals surface area contributed by atoms with Crippen LogP contribution in [0.5, 0.6) is 0 Å². The Kier molecular flexibility index (Phi) is 6.30. The van der Waals surface area contributed by atoms with Crippen LogP contribution >= 0.6 is 0 Å². The summed E-state index contributed by atoms with van der Waals surface area (Å²) in [4.78, 5) is 18.7. The first-order valence-corrected chi connectivity index (χ1v) is 10.8. The lowest BCUT2D eigenvalue weighted by atomic mass is 10.2. The summed E-state index contributed by atoms with van der Waals surface area (Å²) in [5.41, 5.74) is 1.03. The quantitative estimate of drug-likeness (QED) is 0.834. The van der Waals surface area contributed by atoms with E-state index in [4.69, 9.17) is 0 Å². The third-order valence-corrected chi connectivity index (χ3v) is 5.88. The summed E-state index contributed by atoms with van der Waals surface area (Å²) in [5, 5.41) is 11.7. The lowest BCUT2D eigenvalue weighted by molar-refractivity contribution is 0.208. The Hall–Kier alpha value is -2.90. The first-order valence-electron chi connectivity index (χ1n) is 10.8. The monoisotopic (exact) mass is 412 g/mol. The maximum atomic E-state index is 13.7. The molecule has 0 atom stereocenters. The Morgan fingerprint density at radius 2 is 1.47 bits per heavy atom. The van der Waals surface area contributed by atoms with Crippen molar-refractivity contribution in [1.29, 1.82) is 0 Å². The summed E-state index contributed by atoms with van der Waals surface area (Å²) < 4.78 is 13.7. The minimum absolute atomic E-state index is 0.208. The van der Waals surface area contributed by atoms with Gasteiger partial charge in [0.05, 0.1) is 0 Å². The maximum Gasteiger partial charge on any atom is 0.321 e. The van der Waals surface area contributed by atoms with E-state index in [1.807, 2.05) is 6.07 Å². The second-order valence-electron chi connectivity index (χ2n) is 8.02. The number of piperazine rings is 1. The van der Waals surface area contributed by atoms with Crippen molar-refractivity contribution in [3.8, 4) is 0 Å². The number of carbonyl (C=O) groups is 1. The zero-order chi connectivity index (χ0) is 20.9. The fourth-order valence-corrected chi connectivity index (χ4v) is 3.97. The highest BCUT2D eigenvalue weighted by molar-refractivity contribution is 5.89. The van der Waals surface area contributed by atoms with Gasteiger partial charge in [-0.25, -0.2) is 9.18 Å². The largest absolute Gasteiger partial charge is 0.355 e. The lowest BCUT2D eigenvalue weighted by Gasteiger charge is -2.35. The maximum absolute atomic E-state index is 13.7. The van der Waals surface area contributed by atoms with Crippen LogP contribution in [0.2, 0.25) is 0 Å². The molecule has 30 heavy (non-hydrogen) atoms. The normalized spacial score (nSPS) is 17.6.